The maximum absolute atomic E-state index is 5.88. The van der Waals surface area contributed by atoms with Crippen LogP contribution in [-0.4, -0.2) is 62.8 Å². The van der Waals surface area contributed by atoms with E-state index in [1.165, 1.54) is 25.8 Å². The lowest BCUT2D eigenvalue weighted by atomic mass is 10.0. The SMILES string of the molecule is CC(CN(C)C)OCC1CCCCN1C. The van der Waals surface area contributed by atoms with E-state index in [9.17, 15) is 0 Å². The second-order valence-electron chi connectivity index (χ2n) is 5.04. The van der Waals surface area contributed by atoms with Gasteiger partial charge in [-0.15, -0.1) is 0 Å². The van der Waals surface area contributed by atoms with Crippen LogP contribution in [-0.2, 0) is 4.74 Å². The number of ether oxygens (including phenoxy) is 1. The minimum atomic E-state index is 0.343. The zero-order valence-corrected chi connectivity index (χ0v) is 10.7. The van der Waals surface area contributed by atoms with Gasteiger partial charge in [0.2, 0.25) is 0 Å². The zero-order valence-electron chi connectivity index (χ0n) is 10.7. The van der Waals surface area contributed by atoms with Crippen molar-refractivity contribution in [2.75, 3.05) is 40.8 Å². The van der Waals surface area contributed by atoms with Crippen molar-refractivity contribution in [1.82, 2.24) is 9.80 Å². The molecule has 90 valence electrons. The first-order valence-electron chi connectivity index (χ1n) is 6.06. The Labute approximate surface area is 94.4 Å². The average molecular weight is 214 g/mol. The lowest BCUT2D eigenvalue weighted by Gasteiger charge is -2.33. The molecule has 0 radical (unpaired) electrons. The molecule has 0 N–H and O–H groups in total. The first-order chi connectivity index (χ1) is 7.09. The normalized spacial score (nSPS) is 25.8. The summed E-state index contributed by atoms with van der Waals surface area (Å²) in [5, 5.41) is 0. The molecule has 0 aromatic carbocycles. The molecule has 2 atom stereocenters. The molecule has 1 heterocycles. The largest absolute Gasteiger partial charge is 0.376 e. The van der Waals surface area contributed by atoms with Crippen molar-refractivity contribution >= 4 is 0 Å². The van der Waals surface area contributed by atoms with Gasteiger partial charge in [0.1, 0.15) is 0 Å². The number of likely N-dealkylation sites (N-methyl/N-ethyl adjacent to an activating group) is 2. The Kier molecular flexibility index (Phi) is 5.58. The van der Waals surface area contributed by atoms with Crippen LogP contribution in [0.25, 0.3) is 0 Å². The molecule has 0 saturated carbocycles. The van der Waals surface area contributed by atoms with Crippen LogP contribution >= 0.6 is 0 Å². The Balaban J connectivity index is 2.17. The smallest absolute Gasteiger partial charge is 0.0674 e. The van der Waals surface area contributed by atoms with Gasteiger partial charge < -0.3 is 14.5 Å². The maximum atomic E-state index is 5.88. The molecule has 0 spiro atoms. The van der Waals surface area contributed by atoms with Crippen molar-refractivity contribution in [3.63, 3.8) is 0 Å². The molecule has 15 heavy (non-hydrogen) atoms. The molecule has 0 aliphatic carbocycles. The monoisotopic (exact) mass is 214 g/mol. The van der Waals surface area contributed by atoms with Crippen molar-refractivity contribution in [1.29, 1.82) is 0 Å². The highest BCUT2D eigenvalue weighted by molar-refractivity contribution is 4.74. The van der Waals surface area contributed by atoms with Crippen LogP contribution in [0.1, 0.15) is 26.2 Å². The number of nitrogens with zero attached hydrogens (tertiary/aromatic N) is 2. The molecule has 1 aliphatic heterocycles. The molecule has 0 aromatic rings. The van der Waals surface area contributed by atoms with Gasteiger partial charge in [0.05, 0.1) is 12.7 Å². The molecular weight excluding hydrogens is 188 g/mol. The van der Waals surface area contributed by atoms with E-state index in [1.54, 1.807) is 0 Å². The van der Waals surface area contributed by atoms with Crippen molar-refractivity contribution in [2.45, 2.75) is 38.3 Å². The standard InChI is InChI=1S/C12H26N2O/c1-11(9-13(2)3)15-10-12-7-5-6-8-14(12)4/h11-12H,5-10H2,1-4H3. The number of piperidine rings is 1. The molecule has 1 saturated heterocycles. The van der Waals surface area contributed by atoms with E-state index in [-0.39, 0.29) is 0 Å². The highest BCUT2D eigenvalue weighted by Gasteiger charge is 2.19. The van der Waals surface area contributed by atoms with Gasteiger partial charge in [-0.1, -0.05) is 6.42 Å². The van der Waals surface area contributed by atoms with Gasteiger partial charge in [-0.05, 0) is 47.5 Å². The van der Waals surface area contributed by atoms with E-state index in [2.05, 4.69) is 37.9 Å². The molecular formula is C12H26N2O. The summed E-state index contributed by atoms with van der Waals surface area (Å²) in [6.07, 6.45) is 4.35. The van der Waals surface area contributed by atoms with Crippen LogP contribution < -0.4 is 0 Å². The van der Waals surface area contributed by atoms with Crippen molar-refractivity contribution in [3.05, 3.63) is 0 Å². The number of likely N-dealkylation sites (tertiary alicyclic amines) is 1. The first-order valence-corrected chi connectivity index (χ1v) is 6.06. The van der Waals surface area contributed by atoms with E-state index in [0.29, 0.717) is 12.1 Å². The molecule has 1 fully saturated rings. The van der Waals surface area contributed by atoms with Gasteiger partial charge in [0.15, 0.2) is 0 Å². The third kappa shape index (κ3) is 4.96. The zero-order chi connectivity index (χ0) is 11.3. The summed E-state index contributed by atoms with van der Waals surface area (Å²) in [7, 11) is 6.39. The first kappa shape index (κ1) is 12.9. The predicted octanol–water partition coefficient (Wildman–Crippen LogP) is 1.44. The maximum Gasteiger partial charge on any atom is 0.0674 e. The second-order valence-corrected chi connectivity index (χ2v) is 5.04. The minimum Gasteiger partial charge on any atom is -0.376 e. The molecule has 0 bridgehead atoms. The van der Waals surface area contributed by atoms with Crippen LogP contribution in [0.3, 0.4) is 0 Å². The minimum absolute atomic E-state index is 0.343. The van der Waals surface area contributed by atoms with Crippen LogP contribution in [0.15, 0.2) is 0 Å². The van der Waals surface area contributed by atoms with E-state index in [1.807, 2.05) is 0 Å². The van der Waals surface area contributed by atoms with Gasteiger partial charge >= 0.3 is 0 Å². The summed E-state index contributed by atoms with van der Waals surface area (Å²) in [5.74, 6) is 0. The summed E-state index contributed by atoms with van der Waals surface area (Å²) in [6.45, 7) is 5.29. The molecule has 0 aromatic heterocycles. The van der Waals surface area contributed by atoms with Crippen LogP contribution in [0.5, 0.6) is 0 Å². The number of rotatable bonds is 5. The second kappa shape index (κ2) is 6.46. The third-order valence-electron chi connectivity index (χ3n) is 3.12. The van der Waals surface area contributed by atoms with Crippen molar-refractivity contribution < 1.29 is 4.74 Å². The highest BCUT2D eigenvalue weighted by atomic mass is 16.5. The molecule has 3 nitrogen and oxygen atoms in total. The summed E-state index contributed by atoms with van der Waals surface area (Å²) in [6, 6.07) is 0.642. The fourth-order valence-corrected chi connectivity index (χ4v) is 2.20. The Hall–Kier alpha value is -0.120. The third-order valence-corrected chi connectivity index (χ3v) is 3.12. The van der Waals surface area contributed by atoms with Gasteiger partial charge in [-0.2, -0.15) is 0 Å². The summed E-state index contributed by atoms with van der Waals surface area (Å²) >= 11 is 0. The number of hydrogen-bond acceptors (Lipinski definition) is 3. The molecule has 2 unspecified atom stereocenters. The Morgan fingerprint density at radius 2 is 2.13 bits per heavy atom. The van der Waals surface area contributed by atoms with Crippen LogP contribution in [0.4, 0.5) is 0 Å². The molecule has 3 heteroatoms. The van der Waals surface area contributed by atoms with Crippen LogP contribution in [0, 0.1) is 0 Å². The molecule has 1 aliphatic rings. The summed E-state index contributed by atoms with van der Waals surface area (Å²) in [4.78, 5) is 4.61. The molecule has 1 rings (SSSR count). The van der Waals surface area contributed by atoms with Gasteiger partial charge in [-0.25, -0.2) is 0 Å². The molecule has 0 amide bonds. The van der Waals surface area contributed by atoms with Gasteiger partial charge in [0, 0.05) is 12.6 Å². The quantitative estimate of drug-likeness (QED) is 0.689. The Bertz CT molecular complexity index is 173. The fraction of sp³-hybridized carbons (Fsp3) is 1.00. The lowest BCUT2D eigenvalue weighted by molar-refractivity contribution is 0.00231. The van der Waals surface area contributed by atoms with E-state index in [4.69, 9.17) is 4.74 Å². The highest BCUT2D eigenvalue weighted by Crippen LogP contribution is 2.15. The predicted molar refractivity (Wildman–Crippen MR) is 64.2 cm³/mol. The van der Waals surface area contributed by atoms with Crippen molar-refractivity contribution in [2.24, 2.45) is 0 Å². The van der Waals surface area contributed by atoms with Crippen molar-refractivity contribution in [3.8, 4) is 0 Å². The van der Waals surface area contributed by atoms with E-state index < -0.39 is 0 Å². The number of hydrogen-bond donors (Lipinski definition) is 0. The topological polar surface area (TPSA) is 15.7 Å². The summed E-state index contributed by atoms with van der Waals surface area (Å²) < 4.78 is 5.88. The van der Waals surface area contributed by atoms with E-state index >= 15 is 0 Å². The fourth-order valence-electron chi connectivity index (χ4n) is 2.20. The Morgan fingerprint density at radius 1 is 1.40 bits per heavy atom. The lowest BCUT2D eigenvalue weighted by Crippen LogP contribution is -2.41. The Morgan fingerprint density at radius 3 is 2.73 bits per heavy atom. The average Bonchev–Trinajstić information content (AvgIpc) is 2.15. The van der Waals surface area contributed by atoms with Crippen LogP contribution in [0.2, 0.25) is 0 Å². The van der Waals surface area contributed by atoms with Gasteiger partial charge in [0.25, 0.3) is 0 Å². The van der Waals surface area contributed by atoms with Gasteiger partial charge in [-0.3, -0.25) is 0 Å². The van der Waals surface area contributed by atoms with E-state index in [0.717, 1.165) is 13.2 Å². The summed E-state index contributed by atoms with van der Waals surface area (Å²) in [5.41, 5.74) is 0.